The first-order chi connectivity index (χ1) is 14.8. The van der Waals surface area contributed by atoms with E-state index in [4.69, 9.17) is 4.74 Å². The summed E-state index contributed by atoms with van der Waals surface area (Å²) in [6, 6.07) is 12.4. The highest BCUT2D eigenvalue weighted by atomic mass is 16.5. The first kappa shape index (κ1) is 22.0. The summed E-state index contributed by atoms with van der Waals surface area (Å²) in [5.41, 5.74) is 3.38. The van der Waals surface area contributed by atoms with Crippen molar-refractivity contribution in [2.45, 2.75) is 39.7 Å². The Kier molecular flexibility index (Phi) is 7.02. The van der Waals surface area contributed by atoms with Crippen LogP contribution in [0.2, 0.25) is 0 Å². The van der Waals surface area contributed by atoms with Crippen molar-refractivity contribution in [1.29, 1.82) is 0 Å². The number of nitrogens with zero attached hydrogens (tertiary/aromatic N) is 3. The number of anilines is 2. The van der Waals surface area contributed by atoms with Gasteiger partial charge in [-0.15, -0.1) is 0 Å². The number of carbonyl (C=O) groups excluding carboxylic acids is 2. The topological polar surface area (TPSA) is 98.1 Å². The quantitative estimate of drug-likeness (QED) is 0.574. The van der Waals surface area contributed by atoms with Gasteiger partial charge in [0, 0.05) is 11.4 Å². The summed E-state index contributed by atoms with van der Waals surface area (Å²) in [7, 11) is 0. The Balaban J connectivity index is 1.53. The Morgan fingerprint density at radius 3 is 2.32 bits per heavy atom. The summed E-state index contributed by atoms with van der Waals surface area (Å²) >= 11 is 0. The molecule has 0 saturated carbocycles. The number of carbonyl (C=O) groups is 2. The second-order valence-corrected chi connectivity index (χ2v) is 7.65. The van der Waals surface area contributed by atoms with Crippen LogP contribution in [0, 0.1) is 6.92 Å². The maximum Gasteiger partial charge on any atom is 0.262 e. The van der Waals surface area contributed by atoms with E-state index >= 15 is 0 Å². The molecule has 0 saturated heterocycles. The highest BCUT2D eigenvalue weighted by Gasteiger charge is 2.15. The van der Waals surface area contributed by atoms with Crippen molar-refractivity contribution in [3.05, 3.63) is 66.2 Å². The molecule has 0 bridgehead atoms. The Labute approximate surface area is 181 Å². The van der Waals surface area contributed by atoms with Gasteiger partial charge < -0.3 is 15.4 Å². The van der Waals surface area contributed by atoms with E-state index in [9.17, 15) is 9.59 Å². The molecular formula is C23H27N5O3. The van der Waals surface area contributed by atoms with Gasteiger partial charge in [0.1, 0.15) is 24.4 Å². The molecule has 0 aliphatic rings. The number of rotatable bonds is 8. The van der Waals surface area contributed by atoms with Crippen molar-refractivity contribution in [3.8, 4) is 5.75 Å². The third-order valence-corrected chi connectivity index (χ3v) is 4.80. The molecule has 0 radical (unpaired) electrons. The SMILES string of the molecule is Cc1ccc(C(C)C)c(OCC(=O)Nc2ccc(NC(=O)C(C)n3cncn3)cc2)c1. The van der Waals surface area contributed by atoms with Gasteiger partial charge in [-0.05, 0) is 61.2 Å². The lowest BCUT2D eigenvalue weighted by Gasteiger charge is -2.15. The van der Waals surface area contributed by atoms with Gasteiger partial charge in [-0.1, -0.05) is 26.0 Å². The van der Waals surface area contributed by atoms with E-state index in [-0.39, 0.29) is 18.4 Å². The molecule has 8 heteroatoms. The van der Waals surface area contributed by atoms with Gasteiger partial charge in [0.15, 0.2) is 6.61 Å². The largest absolute Gasteiger partial charge is 0.483 e. The fraction of sp³-hybridized carbons (Fsp3) is 0.304. The maximum atomic E-state index is 12.3. The number of amides is 2. The minimum absolute atomic E-state index is 0.0862. The maximum absolute atomic E-state index is 12.3. The molecule has 2 aromatic carbocycles. The molecule has 0 spiro atoms. The van der Waals surface area contributed by atoms with Crippen molar-refractivity contribution in [2.24, 2.45) is 0 Å². The van der Waals surface area contributed by atoms with Gasteiger partial charge in [-0.3, -0.25) is 9.59 Å². The van der Waals surface area contributed by atoms with Crippen molar-refractivity contribution < 1.29 is 14.3 Å². The zero-order valence-electron chi connectivity index (χ0n) is 18.1. The second kappa shape index (κ2) is 9.88. The molecule has 3 rings (SSSR count). The van der Waals surface area contributed by atoms with Crippen LogP contribution in [-0.4, -0.2) is 33.2 Å². The van der Waals surface area contributed by atoms with Crippen molar-refractivity contribution >= 4 is 23.2 Å². The third-order valence-electron chi connectivity index (χ3n) is 4.80. The van der Waals surface area contributed by atoms with E-state index in [1.165, 1.54) is 17.3 Å². The molecule has 8 nitrogen and oxygen atoms in total. The molecule has 0 aliphatic heterocycles. The average Bonchev–Trinajstić information content (AvgIpc) is 3.27. The first-order valence-electron chi connectivity index (χ1n) is 10.1. The molecular weight excluding hydrogens is 394 g/mol. The number of aryl methyl sites for hydroxylation is 1. The molecule has 162 valence electrons. The Bertz CT molecular complexity index is 1030. The second-order valence-electron chi connectivity index (χ2n) is 7.65. The van der Waals surface area contributed by atoms with E-state index in [0.717, 1.165) is 16.9 Å². The highest BCUT2D eigenvalue weighted by molar-refractivity contribution is 5.94. The lowest BCUT2D eigenvalue weighted by atomic mass is 10.0. The lowest BCUT2D eigenvalue weighted by Crippen LogP contribution is -2.24. The Hall–Kier alpha value is -3.68. The van der Waals surface area contributed by atoms with Crippen LogP contribution in [0.4, 0.5) is 11.4 Å². The number of benzene rings is 2. The first-order valence-corrected chi connectivity index (χ1v) is 10.1. The Morgan fingerprint density at radius 1 is 1.03 bits per heavy atom. The number of hydrogen-bond donors (Lipinski definition) is 2. The smallest absolute Gasteiger partial charge is 0.262 e. The summed E-state index contributed by atoms with van der Waals surface area (Å²) in [4.78, 5) is 28.5. The highest BCUT2D eigenvalue weighted by Crippen LogP contribution is 2.27. The van der Waals surface area contributed by atoms with Crippen LogP contribution >= 0.6 is 0 Å². The van der Waals surface area contributed by atoms with Gasteiger partial charge in [-0.2, -0.15) is 5.10 Å². The van der Waals surface area contributed by atoms with Crippen molar-refractivity contribution in [1.82, 2.24) is 14.8 Å². The van der Waals surface area contributed by atoms with Crippen LogP contribution in [0.15, 0.2) is 55.1 Å². The molecule has 1 heterocycles. The fourth-order valence-corrected chi connectivity index (χ4v) is 3.01. The molecule has 1 atom stereocenters. The number of aromatic nitrogens is 3. The number of nitrogens with one attached hydrogen (secondary N) is 2. The molecule has 31 heavy (non-hydrogen) atoms. The molecule has 2 N–H and O–H groups in total. The fourth-order valence-electron chi connectivity index (χ4n) is 3.01. The molecule has 2 amide bonds. The molecule has 0 fully saturated rings. The minimum atomic E-state index is -0.489. The molecule has 0 aliphatic carbocycles. The van der Waals surface area contributed by atoms with Crippen LogP contribution < -0.4 is 15.4 Å². The normalized spacial score (nSPS) is 11.8. The zero-order valence-corrected chi connectivity index (χ0v) is 18.1. The summed E-state index contributed by atoms with van der Waals surface area (Å²) in [5.74, 6) is 0.556. The molecule has 3 aromatic rings. The summed E-state index contributed by atoms with van der Waals surface area (Å²) in [5, 5.41) is 9.59. The summed E-state index contributed by atoms with van der Waals surface area (Å²) in [6.07, 6.45) is 2.87. The monoisotopic (exact) mass is 421 g/mol. The van der Waals surface area contributed by atoms with Gasteiger partial charge in [0.2, 0.25) is 5.91 Å². The predicted octanol–water partition coefficient (Wildman–Crippen LogP) is 3.93. The Morgan fingerprint density at radius 2 is 1.71 bits per heavy atom. The van der Waals surface area contributed by atoms with Crippen LogP contribution in [0.1, 0.15) is 43.9 Å². The van der Waals surface area contributed by atoms with Crippen molar-refractivity contribution in [2.75, 3.05) is 17.2 Å². The zero-order chi connectivity index (χ0) is 22.4. The van der Waals surface area contributed by atoms with Gasteiger partial charge >= 0.3 is 0 Å². The molecule has 1 aromatic heterocycles. The summed E-state index contributed by atoms with van der Waals surface area (Å²) in [6.45, 7) is 7.81. The third kappa shape index (κ3) is 5.91. The average molecular weight is 422 g/mol. The van der Waals surface area contributed by atoms with E-state index in [1.54, 1.807) is 31.2 Å². The number of ether oxygens (including phenoxy) is 1. The van der Waals surface area contributed by atoms with E-state index in [1.807, 2.05) is 25.1 Å². The minimum Gasteiger partial charge on any atom is -0.483 e. The van der Waals surface area contributed by atoms with Crippen LogP contribution in [0.3, 0.4) is 0 Å². The van der Waals surface area contributed by atoms with E-state index < -0.39 is 6.04 Å². The summed E-state index contributed by atoms with van der Waals surface area (Å²) < 4.78 is 7.24. The van der Waals surface area contributed by atoms with Gasteiger partial charge in [0.25, 0.3) is 5.91 Å². The standard InChI is InChI=1S/C23H27N5O3/c1-15(2)20-10-5-16(3)11-21(20)31-12-22(29)26-18-6-8-19(9-7-18)27-23(30)17(4)28-14-24-13-25-28/h5-11,13-15,17H,12H2,1-4H3,(H,26,29)(H,27,30). The predicted molar refractivity (Wildman–Crippen MR) is 119 cm³/mol. The lowest BCUT2D eigenvalue weighted by molar-refractivity contribution is -0.119. The van der Waals surface area contributed by atoms with E-state index in [0.29, 0.717) is 17.3 Å². The van der Waals surface area contributed by atoms with Gasteiger partial charge in [0.05, 0.1) is 0 Å². The van der Waals surface area contributed by atoms with E-state index in [2.05, 4.69) is 34.6 Å². The van der Waals surface area contributed by atoms with Crippen LogP contribution in [0.25, 0.3) is 0 Å². The number of hydrogen-bond acceptors (Lipinski definition) is 5. The van der Waals surface area contributed by atoms with Crippen LogP contribution in [-0.2, 0) is 9.59 Å². The van der Waals surface area contributed by atoms with Gasteiger partial charge in [-0.25, -0.2) is 9.67 Å². The van der Waals surface area contributed by atoms with Crippen molar-refractivity contribution in [3.63, 3.8) is 0 Å². The van der Waals surface area contributed by atoms with Crippen LogP contribution in [0.5, 0.6) is 5.75 Å². The molecule has 1 unspecified atom stereocenters.